The second-order valence-electron chi connectivity index (χ2n) is 9.92. The zero-order valence-corrected chi connectivity index (χ0v) is 22.1. The first kappa shape index (κ1) is 28.6. The number of likely N-dealkylation sites (tertiary alicyclic amines) is 1. The van der Waals surface area contributed by atoms with Gasteiger partial charge in [-0.1, -0.05) is 12.1 Å². The van der Waals surface area contributed by atoms with Gasteiger partial charge in [-0.3, -0.25) is 14.5 Å². The number of methoxy groups -OCH3 is 1. The molecule has 8 nitrogen and oxygen atoms in total. The lowest BCUT2D eigenvalue weighted by atomic mass is 10.0. The van der Waals surface area contributed by atoms with Gasteiger partial charge in [-0.15, -0.1) is 0 Å². The predicted octanol–water partition coefficient (Wildman–Crippen LogP) is 3.51. The summed E-state index contributed by atoms with van der Waals surface area (Å²) in [5.74, 6) is 1.29. The van der Waals surface area contributed by atoms with Crippen molar-refractivity contribution < 1.29 is 29.3 Å². The van der Waals surface area contributed by atoms with Gasteiger partial charge in [0.05, 0.1) is 25.4 Å². The summed E-state index contributed by atoms with van der Waals surface area (Å²) in [5, 5.41) is 24.0. The van der Waals surface area contributed by atoms with Crippen molar-refractivity contribution in [2.45, 2.75) is 70.3 Å². The largest absolute Gasteiger partial charge is 0.497 e. The fourth-order valence-electron chi connectivity index (χ4n) is 4.50. The Hall–Kier alpha value is -2.94. The van der Waals surface area contributed by atoms with Crippen molar-refractivity contribution in [2.24, 2.45) is 0 Å². The van der Waals surface area contributed by atoms with Crippen molar-refractivity contribution in [1.82, 2.24) is 10.2 Å². The van der Waals surface area contributed by atoms with E-state index in [0.717, 1.165) is 12.3 Å². The fourth-order valence-corrected chi connectivity index (χ4v) is 4.50. The number of carbonyl (C=O) groups excluding carboxylic acids is 2. The molecule has 1 heterocycles. The highest BCUT2D eigenvalue weighted by molar-refractivity contribution is 5.96. The first-order valence-electron chi connectivity index (χ1n) is 13.1. The van der Waals surface area contributed by atoms with E-state index in [1.54, 1.807) is 31.4 Å². The molecule has 37 heavy (non-hydrogen) atoms. The third-order valence-electron chi connectivity index (χ3n) is 6.49. The van der Waals surface area contributed by atoms with Crippen LogP contribution in [0.5, 0.6) is 11.5 Å². The summed E-state index contributed by atoms with van der Waals surface area (Å²) in [7, 11) is 1.58. The van der Waals surface area contributed by atoms with Gasteiger partial charge in [0.25, 0.3) is 0 Å². The minimum atomic E-state index is -0.911. The standard InChI is InChI=1S/C29H40N2O6/c1-20(2)37-25-14-10-22(11-15-25)29(35)26(19-31-17-16-23(32)18-31)30-28(34)7-5-4-6-27(33)21-8-12-24(36-3)13-9-21/h8-15,20,23,26,29,32,35H,4-7,16-19H2,1-3H3,(H,30,34). The molecule has 0 spiro atoms. The number of Topliss-reactive ketones (excluding diaryl/α,β-unsaturated/α-hetero) is 1. The van der Waals surface area contributed by atoms with E-state index in [1.165, 1.54) is 0 Å². The van der Waals surface area contributed by atoms with Crippen LogP contribution in [0.1, 0.15) is 68.0 Å². The van der Waals surface area contributed by atoms with Crippen LogP contribution in [0, 0.1) is 0 Å². The van der Waals surface area contributed by atoms with Crippen LogP contribution < -0.4 is 14.8 Å². The topological polar surface area (TPSA) is 108 Å². The third-order valence-corrected chi connectivity index (χ3v) is 6.49. The van der Waals surface area contributed by atoms with Crippen molar-refractivity contribution in [3.05, 3.63) is 59.7 Å². The van der Waals surface area contributed by atoms with E-state index < -0.39 is 12.1 Å². The second-order valence-corrected chi connectivity index (χ2v) is 9.92. The van der Waals surface area contributed by atoms with Gasteiger partial charge in [0, 0.05) is 38.0 Å². The summed E-state index contributed by atoms with van der Waals surface area (Å²) < 4.78 is 10.8. The molecular weight excluding hydrogens is 472 g/mol. The molecule has 202 valence electrons. The Balaban J connectivity index is 1.53. The summed E-state index contributed by atoms with van der Waals surface area (Å²) in [5.41, 5.74) is 1.32. The van der Waals surface area contributed by atoms with Gasteiger partial charge in [-0.25, -0.2) is 0 Å². The third kappa shape index (κ3) is 9.14. The van der Waals surface area contributed by atoms with Crippen molar-refractivity contribution in [1.29, 1.82) is 0 Å². The molecular formula is C29H40N2O6. The van der Waals surface area contributed by atoms with Gasteiger partial charge in [0.1, 0.15) is 17.6 Å². The van der Waals surface area contributed by atoms with Crippen LogP contribution in [-0.4, -0.2) is 71.8 Å². The van der Waals surface area contributed by atoms with Crippen molar-refractivity contribution >= 4 is 11.7 Å². The maximum absolute atomic E-state index is 12.8. The van der Waals surface area contributed by atoms with E-state index in [0.29, 0.717) is 55.6 Å². The van der Waals surface area contributed by atoms with Gasteiger partial charge < -0.3 is 25.0 Å². The van der Waals surface area contributed by atoms with Crippen molar-refractivity contribution in [3.63, 3.8) is 0 Å². The molecule has 1 aliphatic heterocycles. The number of benzene rings is 2. The lowest BCUT2D eigenvalue weighted by molar-refractivity contribution is -0.123. The summed E-state index contributed by atoms with van der Waals surface area (Å²) in [6.45, 7) is 5.58. The van der Waals surface area contributed by atoms with Crippen LogP contribution in [0.15, 0.2) is 48.5 Å². The molecule has 3 unspecified atom stereocenters. The monoisotopic (exact) mass is 512 g/mol. The highest BCUT2D eigenvalue weighted by Gasteiger charge is 2.29. The van der Waals surface area contributed by atoms with E-state index >= 15 is 0 Å². The molecule has 8 heteroatoms. The molecule has 3 atom stereocenters. The van der Waals surface area contributed by atoms with Gasteiger partial charge in [0.15, 0.2) is 5.78 Å². The Kier molecular flexibility index (Phi) is 10.9. The molecule has 0 saturated carbocycles. The van der Waals surface area contributed by atoms with Crippen LogP contribution in [-0.2, 0) is 4.79 Å². The summed E-state index contributed by atoms with van der Waals surface area (Å²) in [6.07, 6.45) is 1.23. The number of aliphatic hydroxyl groups excluding tert-OH is 2. The number of rotatable bonds is 14. The average molecular weight is 513 g/mol. The zero-order valence-electron chi connectivity index (χ0n) is 22.1. The average Bonchev–Trinajstić information content (AvgIpc) is 3.30. The highest BCUT2D eigenvalue weighted by atomic mass is 16.5. The number of hydrogen-bond acceptors (Lipinski definition) is 7. The molecule has 2 aromatic rings. The molecule has 3 rings (SSSR count). The van der Waals surface area contributed by atoms with E-state index in [9.17, 15) is 19.8 Å². The normalized spacial score (nSPS) is 17.4. The number of carbonyl (C=O) groups is 2. The Labute approximate surface area is 219 Å². The molecule has 0 radical (unpaired) electrons. The van der Waals surface area contributed by atoms with Crippen molar-refractivity contribution in [3.8, 4) is 11.5 Å². The number of ketones is 1. The molecule has 0 aliphatic carbocycles. The number of unbranched alkanes of at least 4 members (excludes halogenated alkanes) is 1. The maximum atomic E-state index is 12.8. The van der Waals surface area contributed by atoms with Crippen molar-refractivity contribution in [2.75, 3.05) is 26.7 Å². The summed E-state index contributed by atoms with van der Waals surface area (Å²) in [4.78, 5) is 27.2. The minimum Gasteiger partial charge on any atom is -0.497 e. The Morgan fingerprint density at radius 3 is 2.27 bits per heavy atom. The molecule has 0 bridgehead atoms. The number of aliphatic hydroxyl groups is 2. The van der Waals surface area contributed by atoms with Crippen LogP contribution in [0.4, 0.5) is 0 Å². The van der Waals surface area contributed by atoms with Crippen LogP contribution in [0.25, 0.3) is 0 Å². The van der Waals surface area contributed by atoms with Gasteiger partial charge in [-0.2, -0.15) is 0 Å². The molecule has 1 fully saturated rings. The maximum Gasteiger partial charge on any atom is 0.220 e. The molecule has 3 N–H and O–H groups in total. The molecule has 1 saturated heterocycles. The number of β-amino-alcohol motifs (C(OH)–C–C–N with tert-alkyl or cyclic N) is 1. The lowest BCUT2D eigenvalue weighted by Crippen LogP contribution is -2.47. The zero-order chi connectivity index (χ0) is 26.8. The number of nitrogens with zero attached hydrogens (tertiary/aromatic N) is 1. The first-order chi connectivity index (χ1) is 17.7. The predicted molar refractivity (Wildman–Crippen MR) is 142 cm³/mol. The second kappa shape index (κ2) is 14.1. The number of ether oxygens (including phenoxy) is 2. The molecule has 0 aromatic heterocycles. The lowest BCUT2D eigenvalue weighted by Gasteiger charge is -2.29. The van der Waals surface area contributed by atoms with E-state index in [2.05, 4.69) is 10.2 Å². The van der Waals surface area contributed by atoms with Crippen LogP contribution in [0.2, 0.25) is 0 Å². The minimum absolute atomic E-state index is 0.0360. The summed E-state index contributed by atoms with van der Waals surface area (Å²) in [6, 6.07) is 13.7. The highest BCUT2D eigenvalue weighted by Crippen LogP contribution is 2.23. The Morgan fingerprint density at radius 2 is 1.68 bits per heavy atom. The van der Waals surface area contributed by atoms with Gasteiger partial charge in [0.2, 0.25) is 5.91 Å². The van der Waals surface area contributed by atoms with Crippen LogP contribution in [0.3, 0.4) is 0 Å². The first-order valence-corrected chi connectivity index (χ1v) is 13.1. The molecule has 1 amide bonds. The number of amides is 1. The van der Waals surface area contributed by atoms with Gasteiger partial charge >= 0.3 is 0 Å². The number of hydrogen-bond donors (Lipinski definition) is 3. The Morgan fingerprint density at radius 1 is 1.03 bits per heavy atom. The van der Waals surface area contributed by atoms with E-state index in [4.69, 9.17) is 9.47 Å². The summed E-state index contributed by atoms with van der Waals surface area (Å²) >= 11 is 0. The van der Waals surface area contributed by atoms with Gasteiger partial charge in [-0.05, 0) is 75.1 Å². The quantitative estimate of drug-likeness (QED) is 0.263. The Bertz CT molecular complexity index is 992. The number of nitrogens with one attached hydrogen (secondary N) is 1. The molecule has 2 aromatic carbocycles. The smallest absolute Gasteiger partial charge is 0.220 e. The SMILES string of the molecule is COc1ccc(C(=O)CCCCC(=O)NC(CN2CCC(O)C2)C(O)c2ccc(OC(C)C)cc2)cc1. The fraction of sp³-hybridized carbons (Fsp3) is 0.517. The van der Waals surface area contributed by atoms with Crippen LogP contribution >= 0.6 is 0 Å². The van der Waals surface area contributed by atoms with E-state index in [1.807, 2.05) is 38.1 Å². The molecule has 1 aliphatic rings. The van der Waals surface area contributed by atoms with E-state index in [-0.39, 0.29) is 30.3 Å².